The van der Waals surface area contributed by atoms with Crippen molar-refractivity contribution in [3.63, 3.8) is 0 Å². The van der Waals surface area contributed by atoms with Crippen molar-refractivity contribution in [1.29, 1.82) is 0 Å². The van der Waals surface area contributed by atoms with Crippen LogP contribution < -0.4 is 24.3 Å². The summed E-state index contributed by atoms with van der Waals surface area (Å²) in [7, 11) is 3.18. The van der Waals surface area contributed by atoms with Crippen LogP contribution in [-0.4, -0.2) is 37.1 Å². The van der Waals surface area contributed by atoms with E-state index in [1.165, 1.54) is 0 Å². The number of ether oxygens (including phenoxy) is 4. The number of aromatic amines is 1. The number of nitrogens with zero attached hydrogens (tertiary/aromatic N) is 1. The minimum Gasteiger partial charge on any atom is -0.493 e. The third kappa shape index (κ3) is 3.20. The second kappa shape index (κ2) is 7.29. The van der Waals surface area contributed by atoms with E-state index in [9.17, 15) is 4.79 Å². The molecule has 1 saturated carbocycles. The van der Waals surface area contributed by atoms with Gasteiger partial charge in [0, 0.05) is 17.0 Å². The van der Waals surface area contributed by atoms with E-state index in [1.54, 1.807) is 32.4 Å². The first-order valence-corrected chi connectivity index (χ1v) is 9.69. The zero-order valence-electron chi connectivity index (χ0n) is 16.7. The van der Waals surface area contributed by atoms with Gasteiger partial charge in [0.05, 0.1) is 25.6 Å². The highest BCUT2D eigenvalue weighted by atomic mass is 16.7. The summed E-state index contributed by atoms with van der Waals surface area (Å²) in [5.41, 5.74) is 3.59. The van der Waals surface area contributed by atoms with E-state index >= 15 is 0 Å². The van der Waals surface area contributed by atoms with Gasteiger partial charge < -0.3 is 24.3 Å². The Morgan fingerprint density at radius 1 is 1.07 bits per heavy atom. The van der Waals surface area contributed by atoms with Crippen molar-refractivity contribution in [3.05, 3.63) is 47.7 Å². The number of rotatable bonds is 6. The summed E-state index contributed by atoms with van der Waals surface area (Å²) in [5, 5.41) is 10.7. The van der Waals surface area contributed by atoms with Crippen molar-refractivity contribution in [2.24, 2.45) is 0 Å². The van der Waals surface area contributed by atoms with Crippen LogP contribution in [0, 0.1) is 0 Å². The molecule has 1 amide bonds. The van der Waals surface area contributed by atoms with Crippen molar-refractivity contribution >= 4 is 11.6 Å². The van der Waals surface area contributed by atoms with E-state index in [1.807, 2.05) is 18.2 Å². The van der Waals surface area contributed by atoms with Gasteiger partial charge in [-0.25, -0.2) is 0 Å². The van der Waals surface area contributed by atoms with Crippen LogP contribution in [0.4, 0.5) is 5.69 Å². The number of methoxy groups -OCH3 is 2. The molecule has 0 spiro atoms. The molecule has 0 unspecified atom stereocenters. The highest BCUT2D eigenvalue weighted by Gasteiger charge is 2.31. The normalized spacial score (nSPS) is 14.5. The number of hydrogen-bond acceptors (Lipinski definition) is 6. The van der Waals surface area contributed by atoms with E-state index in [-0.39, 0.29) is 12.7 Å². The SMILES string of the molecule is COc1ccc(-c2n[nH]c(C3CC3)c2NC(=O)c2ccc3c(c2)OCO3)cc1OC. The Bertz CT molecular complexity index is 1120. The Labute approximate surface area is 173 Å². The maximum atomic E-state index is 13.0. The Morgan fingerprint density at radius 3 is 2.63 bits per heavy atom. The number of carbonyl (C=O) groups is 1. The first-order chi connectivity index (χ1) is 14.7. The highest BCUT2D eigenvalue weighted by molar-refractivity contribution is 6.07. The van der Waals surface area contributed by atoms with E-state index in [2.05, 4.69) is 15.5 Å². The standard InChI is InChI=1S/C22H21N3O5/c1-27-15-7-5-13(9-17(15)28-2)20-21(19(24-25-20)12-3-4-12)23-22(26)14-6-8-16-18(10-14)30-11-29-16/h5-10,12H,3-4,11H2,1-2H3,(H,23,26)(H,24,25). The number of benzene rings is 2. The van der Waals surface area contributed by atoms with Crippen LogP contribution in [0.3, 0.4) is 0 Å². The monoisotopic (exact) mass is 407 g/mol. The lowest BCUT2D eigenvalue weighted by atomic mass is 10.1. The largest absolute Gasteiger partial charge is 0.493 e. The third-order valence-electron chi connectivity index (χ3n) is 5.31. The van der Waals surface area contributed by atoms with Crippen LogP contribution in [0.25, 0.3) is 11.3 Å². The van der Waals surface area contributed by atoms with Gasteiger partial charge in [0.1, 0.15) is 5.69 Å². The molecule has 2 aromatic carbocycles. The van der Waals surface area contributed by atoms with E-state index in [0.717, 1.165) is 24.1 Å². The molecule has 0 atom stereocenters. The maximum Gasteiger partial charge on any atom is 0.255 e. The fraction of sp³-hybridized carbons (Fsp3) is 0.273. The summed E-state index contributed by atoms with van der Waals surface area (Å²) in [6, 6.07) is 10.7. The predicted octanol–water partition coefficient (Wildman–Crippen LogP) is 3.95. The van der Waals surface area contributed by atoms with Crippen LogP contribution in [0.15, 0.2) is 36.4 Å². The molecule has 154 valence electrons. The average Bonchev–Trinajstić information content (AvgIpc) is 3.36. The molecule has 1 aliphatic heterocycles. The minimum atomic E-state index is -0.238. The molecule has 0 radical (unpaired) electrons. The molecular formula is C22H21N3O5. The van der Waals surface area contributed by atoms with Gasteiger partial charge in [-0.05, 0) is 49.2 Å². The van der Waals surface area contributed by atoms with Gasteiger partial charge in [-0.15, -0.1) is 0 Å². The lowest BCUT2D eigenvalue weighted by Crippen LogP contribution is -2.13. The Morgan fingerprint density at radius 2 is 1.87 bits per heavy atom. The third-order valence-corrected chi connectivity index (χ3v) is 5.31. The molecule has 8 nitrogen and oxygen atoms in total. The lowest BCUT2D eigenvalue weighted by molar-refractivity contribution is 0.102. The zero-order chi connectivity index (χ0) is 20.7. The number of anilines is 1. The molecule has 30 heavy (non-hydrogen) atoms. The molecule has 2 N–H and O–H groups in total. The Kier molecular flexibility index (Phi) is 4.46. The first kappa shape index (κ1) is 18.4. The number of amides is 1. The van der Waals surface area contributed by atoms with Crippen molar-refractivity contribution in [2.75, 3.05) is 26.3 Å². The summed E-state index contributed by atoms with van der Waals surface area (Å²) >= 11 is 0. The number of aromatic nitrogens is 2. The topological polar surface area (TPSA) is 94.7 Å². The lowest BCUT2D eigenvalue weighted by Gasteiger charge is -2.11. The Balaban J connectivity index is 1.50. The van der Waals surface area contributed by atoms with E-state index < -0.39 is 0 Å². The van der Waals surface area contributed by atoms with Gasteiger partial charge in [0.25, 0.3) is 5.91 Å². The number of H-pyrrole nitrogens is 1. The molecule has 2 heterocycles. The van der Waals surface area contributed by atoms with Crippen molar-refractivity contribution in [3.8, 4) is 34.3 Å². The smallest absolute Gasteiger partial charge is 0.255 e. The Hall–Kier alpha value is -3.68. The summed E-state index contributed by atoms with van der Waals surface area (Å²) in [6.07, 6.45) is 2.14. The van der Waals surface area contributed by atoms with Crippen LogP contribution in [-0.2, 0) is 0 Å². The predicted molar refractivity (Wildman–Crippen MR) is 110 cm³/mol. The minimum absolute atomic E-state index is 0.164. The average molecular weight is 407 g/mol. The van der Waals surface area contributed by atoms with Crippen molar-refractivity contribution < 1.29 is 23.7 Å². The van der Waals surface area contributed by atoms with Gasteiger partial charge >= 0.3 is 0 Å². The fourth-order valence-electron chi connectivity index (χ4n) is 3.57. The van der Waals surface area contributed by atoms with Crippen LogP contribution in [0.5, 0.6) is 23.0 Å². The van der Waals surface area contributed by atoms with Gasteiger partial charge in [0.2, 0.25) is 6.79 Å². The van der Waals surface area contributed by atoms with Gasteiger partial charge in [-0.1, -0.05) is 0 Å². The summed E-state index contributed by atoms with van der Waals surface area (Å²) in [4.78, 5) is 13.0. The number of hydrogen-bond donors (Lipinski definition) is 2. The quantitative estimate of drug-likeness (QED) is 0.642. The fourth-order valence-corrected chi connectivity index (χ4v) is 3.57. The molecule has 0 bridgehead atoms. The molecule has 1 aromatic heterocycles. The van der Waals surface area contributed by atoms with E-state index in [4.69, 9.17) is 18.9 Å². The second-order valence-electron chi connectivity index (χ2n) is 7.23. The molecule has 1 aliphatic carbocycles. The first-order valence-electron chi connectivity index (χ1n) is 9.69. The molecule has 1 fully saturated rings. The second-order valence-corrected chi connectivity index (χ2v) is 7.23. The zero-order valence-corrected chi connectivity index (χ0v) is 16.7. The molecule has 3 aromatic rings. The summed E-state index contributed by atoms with van der Waals surface area (Å²) < 4.78 is 21.5. The van der Waals surface area contributed by atoms with Crippen molar-refractivity contribution in [2.45, 2.75) is 18.8 Å². The summed E-state index contributed by atoms with van der Waals surface area (Å²) in [6.45, 7) is 0.164. The maximum absolute atomic E-state index is 13.0. The number of nitrogens with one attached hydrogen (secondary N) is 2. The molecular weight excluding hydrogens is 386 g/mol. The number of fused-ring (bicyclic) bond motifs is 1. The van der Waals surface area contributed by atoms with Gasteiger partial charge in [-0.3, -0.25) is 9.89 Å². The van der Waals surface area contributed by atoms with Crippen molar-refractivity contribution in [1.82, 2.24) is 10.2 Å². The van der Waals surface area contributed by atoms with Crippen LogP contribution in [0.1, 0.15) is 34.8 Å². The number of carbonyl (C=O) groups excluding carboxylic acids is 1. The molecule has 5 rings (SSSR count). The van der Waals surface area contributed by atoms with Crippen LogP contribution >= 0.6 is 0 Å². The molecule has 0 saturated heterocycles. The molecule has 2 aliphatic rings. The van der Waals surface area contributed by atoms with Crippen LogP contribution in [0.2, 0.25) is 0 Å². The van der Waals surface area contributed by atoms with Gasteiger partial charge in [0.15, 0.2) is 23.0 Å². The summed E-state index contributed by atoms with van der Waals surface area (Å²) in [5.74, 6) is 2.57. The molecule has 8 heteroatoms. The van der Waals surface area contributed by atoms with E-state index in [0.29, 0.717) is 45.9 Å². The highest BCUT2D eigenvalue weighted by Crippen LogP contribution is 2.46. The van der Waals surface area contributed by atoms with Gasteiger partial charge in [-0.2, -0.15) is 5.10 Å².